The second kappa shape index (κ2) is 5.40. The Kier molecular flexibility index (Phi) is 3.85. The number of aryl methyl sites for hydroxylation is 1. The molecule has 1 aliphatic rings. The maximum atomic E-state index is 11.1. The van der Waals surface area contributed by atoms with Crippen LogP contribution in [0.1, 0.15) is 34.3 Å². The van der Waals surface area contributed by atoms with Crippen LogP contribution in [0.5, 0.6) is 0 Å². The molecule has 1 saturated carbocycles. The van der Waals surface area contributed by atoms with Crippen LogP contribution in [0.25, 0.3) is 0 Å². The van der Waals surface area contributed by atoms with Crippen molar-refractivity contribution >= 4 is 11.9 Å². The van der Waals surface area contributed by atoms with Gasteiger partial charge < -0.3 is 16.2 Å². The highest BCUT2D eigenvalue weighted by Gasteiger charge is 2.35. The van der Waals surface area contributed by atoms with Gasteiger partial charge in [-0.15, -0.1) is 0 Å². The Morgan fingerprint density at radius 1 is 1.47 bits per heavy atom. The fourth-order valence-corrected chi connectivity index (χ4v) is 2.15. The summed E-state index contributed by atoms with van der Waals surface area (Å²) in [4.78, 5) is 22.2. The van der Waals surface area contributed by atoms with E-state index >= 15 is 0 Å². The molecule has 1 atom stereocenters. The maximum absolute atomic E-state index is 11.1. The van der Waals surface area contributed by atoms with Crippen molar-refractivity contribution in [3.63, 3.8) is 0 Å². The molecule has 102 valence electrons. The molecule has 5 nitrogen and oxygen atoms in total. The second-order valence-corrected chi connectivity index (χ2v) is 5.04. The summed E-state index contributed by atoms with van der Waals surface area (Å²) in [5.41, 5.74) is 7.60. The van der Waals surface area contributed by atoms with Crippen LogP contribution in [0.4, 0.5) is 0 Å². The number of carbonyl (C=O) groups is 2. The number of nitrogens with one attached hydrogen (secondary N) is 1. The summed E-state index contributed by atoms with van der Waals surface area (Å²) in [6.45, 7) is 2.37. The molecule has 0 saturated heterocycles. The average molecular weight is 262 g/mol. The number of amides is 1. The summed E-state index contributed by atoms with van der Waals surface area (Å²) in [7, 11) is 0. The van der Waals surface area contributed by atoms with Crippen LogP contribution in [-0.4, -0.2) is 23.0 Å². The summed E-state index contributed by atoms with van der Waals surface area (Å²) in [5, 5.41) is 12.2. The molecule has 1 aliphatic carbocycles. The van der Waals surface area contributed by atoms with E-state index in [0.717, 1.165) is 24.0 Å². The molecule has 0 spiro atoms. The monoisotopic (exact) mass is 262 g/mol. The van der Waals surface area contributed by atoms with Gasteiger partial charge in [0.15, 0.2) is 0 Å². The van der Waals surface area contributed by atoms with Crippen molar-refractivity contribution in [2.75, 3.05) is 0 Å². The van der Waals surface area contributed by atoms with Gasteiger partial charge in [0.25, 0.3) is 0 Å². The zero-order chi connectivity index (χ0) is 14.0. The largest absolute Gasteiger partial charge is 0.480 e. The summed E-state index contributed by atoms with van der Waals surface area (Å²) < 4.78 is 0. The van der Waals surface area contributed by atoms with Gasteiger partial charge in [-0.05, 0) is 48.9 Å². The topological polar surface area (TPSA) is 92.4 Å². The number of carbonyl (C=O) groups excluding carboxylic acids is 1. The molecular formula is C14H18N2O3. The van der Waals surface area contributed by atoms with Crippen molar-refractivity contribution in [2.45, 2.75) is 32.4 Å². The highest BCUT2D eigenvalue weighted by Crippen LogP contribution is 2.32. The van der Waals surface area contributed by atoms with E-state index in [-0.39, 0.29) is 5.92 Å². The molecule has 5 heteroatoms. The van der Waals surface area contributed by atoms with Gasteiger partial charge in [0.05, 0.1) is 0 Å². The molecule has 0 radical (unpaired) electrons. The van der Waals surface area contributed by atoms with Gasteiger partial charge in [-0.2, -0.15) is 0 Å². The second-order valence-electron chi connectivity index (χ2n) is 5.04. The third-order valence-electron chi connectivity index (χ3n) is 3.50. The minimum absolute atomic E-state index is 0.252. The molecule has 1 amide bonds. The van der Waals surface area contributed by atoms with Crippen molar-refractivity contribution < 1.29 is 14.7 Å². The first-order valence-electron chi connectivity index (χ1n) is 6.34. The van der Waals surface area contributed by atoms with Crippen molar-refractivity contribution in [3.05, 3.63) is 34.9 Å². The zero-order valence-corrected chi connectivity index (χ0v) is 10.8. The lowest BCUT2D eigenvalue weighted by atomic mass is 10.0. The lowest BCUT2D eigenvalue weighted by molar-refractivity contribution is -0.140. The van der Waals surface area contributed by atoms with E-state index in [1.165, 1.54) is 0 Å². The van der Waals surface area contributed by atoms with Gasteiger partial charge in [0, 0.05) is 12.1 Å². The van der Waals surface area contributed by atoms with E-state index in [0.29, 0.717) is 12.1 Å². The number of hydrogen-bond acceptors (Lipinski definition) is 3. The summed E-state index contributed by atoms with van der Waals surface area (Å²) >= 11 is 0. The van der Waals surface area contributed by atoms with Crippen LogP contribution in [-0.2, 0) is 11.3 Å². The predicted octanol–water partition coefficient (Wildman–Crippen LogP) is 1.05. The van der Waals surface area contributed by atoms with Gasteiger partial charge in [0.1, 0.15) is 6.04 Å². The molecule has 19 heavy (non-hydrogen) atoms. The molecular weight excluding hydrogens is 244 g/mol. The number of rotatable bonds is 6. The Hall–Kier alpha value is -1.88. The van der Waals surface area contributed by atoms with Crippen molar-refractivity contribution in [1.82, 2.24) is 5.32 Å². The number of hydrogen-bond donors (Lipinski definition) is 3. The van der Waals surface area contributed by atoms with Crippen molar-refractivity contribution in [1.29, 1.82) is 0 Å². The number of nitrogens with two attached hydrogens (primary N) is 1. The number of carboxylic acids is 1. The van der Waals surface area contributed by atoms with Gasteiger partial charge in [-0.1, -0.05) is 6.07 Å². The Balaban J connectivity index is 2.02. The summed E-state index contributed by atoms with van der Waals surface area (Å²) in [6.07, 6.45) is 1.95. The van der Waals surface area contributed by atoms with E-state index in [1.807, 2.05) is 13.0 Å². The van der Waals surface area contributed by atoms with E-state index in [9.17, 15) is 9.59 Å². The average Bonchev–Trinajstić information content (AvgIpc) is 3.15. The molecule has 0 aliphatic heterocycles. The molecule has 1 fully saturated rings. The maximum Gasteiger partial charge on any atom is 0.320 e. The smallest absolute Gasteiger partial charge is 0.320 e. The van der Waals surface area contributed by atoms with Crippen molar-refractivity contribution in [2.24, 2.45) is 11.7 Å². The molecule has 1 aromatic carbocycles. The van der Waals surface area contributed by atoms with E-state index in [1.54, 1.807) is 12.1 Å². The number of primary amides is 1. The third kappa shape index (κ3) is 3.32. The van der Waals surface area contributed by atoms with Crippen LogP contribution in [0.15, 0.2) is 18.2 Å². The molecule has 1 unspecified atom stereocenters. The molecule has 0 bridgehead atoms. The van der Waals surface area contributed by atoms with Gasteiger partial charge in [-0.3, -0.25) is 9.59 Å². The van der Waals surface area contributed by atoms with Crippen LogP contribution < -0.4 is 11.1 Å². The molecule has 2 rings (SSSR count). The van der Waals surface area contributed by atoms with Crippen molar-refractivity contribution in [3.8, 4) is 0 Å². The Morgan fingerprint density at radius 3 is 2.63 bits per heavy atom. The van der Waals surface area contributed by atoms with E-state index in [2.05, 4.69) is 5.32 Å². The molecule has 0 heterocycles. The Bertz CT molecular complexity index is 509. The van der Waals surface area contributed by atoms with Gasteiger partial charge in [-0.25, -0.2) is 0 Å². The summed E-state index contributed by atoms with van der Waals surface area (Å²) in [6, 6.07) is 4.73. The van der Waals surface area contributed by atoms with Crippen LogP contribution in [0.2, 0.25) is 0 Å². The third-order valence-corrected chi connectivity index (χ3v) is 3.50. The van der Waals surface area contributed by atoms with E-state index < -0.39 is 17.9 Å². The van der Waals surface area contributed by atoms with Gasteiger partial charge in [0.2, 0.25) is 5.91 Å². The Morgan fingerprint density at radius 2 is 2.16 bits per heavy atom. The van der Waals surface area contributed by atoms with Crippen LogP contribution in [0.3, 0.4) is 0 Å². The SMILES string of the molecule is Cc1cc(C(N)=O)ccc1CNC(C(=O)O)C1CC1. The normalized spacial score (nSPS) is 16.1. The fraction of sp³-hybridized carbons (Fsp3) is 0.429. The number of aliphatic carboxylic acids is 1. The highest BCUT2D eigenvalue weighted by molar-refractivity contribution is 5.93. The zero-order valence-electron chi connectivity index (χ0n) is 10.8. The molecule has 1 aromatic rings. The first kappa shape index (κ1) is 13.5. The van der Waals surface area contributed by atoms with E-state index in [4.69, 9.17) is 10.8 Å². The lowest BCUT2D eigenvalue weighted by Crippen LogP contribution is -2.38. The Labute approximate surface area is 111 Å². The van der Waals surface area contributed by atoms with Crippen LogP contribution >= 0.6 is 0 Å². The number of carboxylic acid groups (broad SMARTS) is 1. The minimum atomic E-state index is -0.797. The molecule has 4 N–H and O–H groups in total. The highest BCUT2D eigenvalue weighted by atomic mass is 16.4. The first-order valence-corrected chi connectivity index (χ1v) is 6.34. The lowest BCUT2D eigenvalue weighted by Gasteiger charge is -2.15. The van der Waals surface area contributed by atoms with Crippen LogP contribution in [0, 0.1) is 12.8 Å². The minimum Gasteiger partial charge on any atom is -0.480 e. The van der Waals surface area contributed by atoms with Gasteiger partial charge >= 0.3 is 5.97 Å². The predicted molar refractivity (Wildman–Crippen MR) is 70.7 cm³/mol. The quantitative estimate of drug-likeness (QED) is 0.714. The molecule has 0 aromatic heterocycles. The first-order chi connectivity index (χ1) is 8.99. The standard InChI is InChI=1S/C14H18N2O3/c1-8-6-10(13(15)17)4-5-11(8)7-16-12(14(18)19)9-2-3-9/h4-6,9,12,16H,2-3,7H2,1H3,(H2,15,17)(H,18,19). The fourth-order valence-electron chi connectivity index (χ4n) is 2.15. The number of benzene rings is 1. The summed E-state index contributed by atoms with van der Waals surface area (Å²) in [5.74, 6) is -0.999.